The average Bonchev–Trinajstić information content (AvgIpc) is 3.31. The second-order valence-electron chi connectivity index (χ2n) is 8.64. The van der Waals surface area contributed by atoms with E-state index in [9.17, 15) is 14.0 Å². The van der Waals surface area contributed by atoms with E-state index in [1.807, 2.05) is 38.3 Å². The zero-order valence-corrected chi connectivity index (χ0v) is 18.1. The first kappa shape index (κ1) is 20.3. The van der Waals surface area contributed by atoms with Crippen LogP contribution in [0.3, 0.4) is 0 Å². The molecule has 156 valence electrons. The Bertz CT molecular complexity index is 1100. The number of thiophene rings is 1. The highest BCUT2D eigenvalue weighted by molar-refractivity contribution is 7.13. The third-order valence-electron chi connectivity index (χ3n) is 4.99. The molecule has 1 N–H and O–H groups in total. The van der Waals surface area contributed by atoms with Crippen LogP contribution in [0, 0.1) is 5.82 Å². The molecule has 0 radical (unpaired) electrons. The number of fused-ring (bicyclic) bond motifs is 1. The number of amides is 2. The molecule has 0 aliphatic carbocycles. The number of aromatic nitrogens is 2. The Morgan fingerprint density at radius 2 is 1.93 bits per heavy atom. The molecule has 0 spiro atoms. The van der Waals surface area contributed by atoms with Crippen LogP contribution in [-0.4, -0.2) is 32.7 Å². The maximum absolute atomic E-state index is 13.6. The van der Waals surface area contributed by atoms with Gasteiger partial charge in [0.05, 0.1) is 11.4 Å². The van der Waals surface area contributed by atoms with Gasteiger partial charge in [-0.2, -0.15) is 5.10 Å². The minimum atomic E-state index is -1.24. The SMILES string of the molecule is CC(C)(C)NC(=O)C1(C)Cn2nc(-c3cccs3)cc2C(=O)N1c1ccc(F)cc1. The first-order valence-corrected chi connectivity index (χ1v) is 10.5. The Balaban J connectivity index is 1.83. The molecular formula is C22H23FN4O2S. The number of benzene rings is 1. The molecule has 1 aliphatic rings. The minimum Gasteiger partial charge on any atom is -0.349 e. The van der Waals surface area contributed by atoms with Crippen LogP contribution in [0.15, 0.2) is 47.8 Å². The second kappa shape index (κ2) is 7.05. The molecule has 6 nitrogen and oxygen atoms in total. The summed E-state index contributed by atoms with van der Waals surface area (Å²) < 4.78 is 15.1. The maximum Gasteiger partial charge on any atom is 0.277 e. The monoisotopic (exact) mass is 426 g/mol. The Hall–Kier alpha value is -3.00. The maximum atomic E-state index is 13.6. The smallest absolute Gasteiger partial charge is 0.277 e. The molecule has 0 bridgehead atoms. The van der Waals surface area contributed by atoms with E-state index in [1.165, 1.54) is 40.5 Å². The van der Waals surface area contributed by atoms with E-state index in [2.05, 4.69) is 10.4 Å². The van der Waals surface area contributed by atoms with E-state index in [0.29, 0.717) is 17.1 Å². The Labute approximate surface area is 178 Å². The number of anilines is 1. The van der Waals surface area contributed by atoms with E-state index in [4.69, 9.17) is 0 Å². The van der Waals surface area contributed by atoms with Crippen molar-refractivity contribution in [2.24, 2.45) is 0 Å². The van der Waals surface area contributed by atoms with Gasteiger partial charge in [-0.15, -0.1) is 11.3 Å². The third kappa shape index (κ3) is 3.52. The van der Waals surface area contributed by atoms with Gasteiger partial charge in [0.2, 0.25) is 5.91 Å². The molecule has 1 atom stereocenters. The molecule has 0 fully saturated rings. The van der Waals surface area contributed by atoms with Gasteiger partial charge in [-0.3, -0.25) is 19.2 Å². The molecule has 0 saturated carbocycles. The highest BCUT2D eigenvalue weighted by Crippen LogP contribution is 2.35. The number of nitrogens with one attached hydrogen (secondary N) is 1. The van der Waals surface area contributed by atoms with Gasteiger partial charge in [-0.1, -0.05) is 6.07 Å². The van der Waals surface area contributed by atoms with Crippen LogP contribution in [0.2, 0.25) is 0 Å². The van der Waals surface area contributed by atoms with Gasteiger partial charge < -0.3 is 5.32 Å². The molecule has 8 heteroatoms. The Kier molecular flexibility index (Phi) is 4.77. The molecule has 1 unspecified atom stereocenters. The molecule has 3 aromatic rings. The predicted octanol–water partition coefficient (Wildman–Crippen LogP) is 4.08. The van der Waals surface area contributed by atoms with Gasteiger partial charge in [0, 0.05) is 11.2 Å². The number of halogens is 1. The molecule has 2 aromatic heterocycles. The summed E-state index contributed by atoms with van der Waals surface area (Å²) >= 11 is 1.53. The van der Waals surface area contributed by atoms with Crippen LogP contribution in [0.5, 0.6) is 0 Å². The lowest BCUT2D eigenvalue weighted by atomic mass is 9.92. The van der Waals surface area contributed by atoms with Crippen LogP contribution in [0.25, 0.3) is 10.6 Å². The Morgan fingerprint density at radius 3 is 2.53 bits per heavy atom. The van der Waals surface area contributed by atoms with Gasteiger partial charge in [0.1, 0.15) is 22.7 Å². The van der Waals surface area contributed by atoms with E-state index < -0.39 is 16.9 Å². The molecule has 1 aliphatic heterocycles. The van der Waals surface area contributed by atoms with Crippen LogP contribution in [-0.2, 0) is 11.3 Å². The summed E-state index contributed by atoms with van der Waals surface area (Å²) in [6.45, 7) is 7.55. The lowest BCUT2D eigenvalue weighted by molar-refractivity contribution is -0.128. The molecule has 3 heterocycles. The molecule has 0 saturated heterocycles. The fourth-order valence-electron chi connectivity index (χ4n) is 3.60. The highest BCUT2D eigenvalue weighted by Gasteiger charge is 2.49. The van der Waals surface area contributed by atoms with E-state index in [1.54, 1.807) is 17.7 Å². The van der Waals surface area contributed by atoms with Crippen LogP contribution >= 0.6 is 11.3 Å². The largest absolute Gasteiger partial charge is 0.349 e. The summed E-state index contributed by atoms with van der Waals surface area (Å²) in [6, 6.07) is 11.2. The standard InChI is InChI=1S/C22H23FN4O2S/c1-21(2,3)24-20(29)22(4)13-26-17(12-16(25-26)18-6-5-11-30-18)19(28)27(22)15-9-7-14(23)8-10-15/h5-12H,13H2,1-4H3,(H,24,29). The number of carbonyl (C=O) groups excluding carboxylic acids is 2. The quantitative estimate of drug-likeness (QED) is 0.686. The minimum absolute atomic E-state index is 0.179. The first-order chi connectivity index (χ1) is 14.1. The van der Waals surface area contributed by atoms with Crippen LogP contribution in [0.4, 0.5) is 10.1 Å². The number of hydrogen-bond acceptors (Lipinski definition) is 4. The fourth-order valence-corrected chi connectivity index (χ4v) is 4.28. The number of nitrogens with zero attached hydrogens (tertiary/aromatic N) is 3. The molecule has 1 aromatic carbocycles. The van der Waals surface area contributed by atoms with Gasteiger partial charge in [-0.05, 0) is 69.5 Å². The number of rotatable bonds is 3. The zero-order chi connectivity index (χ0) is 21.7. The third-order valence-corrected chi connectivity index (χ3v) is 5.88. The van der Waals surface area contributed by atoms with Gasteiger partial charge in [0.15, 0.2) is 0 Å². The summed E-state index contributed by atoms with van der Waals surface area (Å²) in [7, 11) is 0. The van der Waals surface area contributed by atoms with E-state index >= 15 is 0 Å². The van der Waals surface area contributed by atoms with Crippen molar-refractivity contribution in [2.75, 3.05) is 4.90 Å². The lowest BCUT2D eigenvalue weighted by Crippen LogP contribution is -2.66. The van der Waals surface area contributed by atoms with Crippen molar-refractivity contribution in [3.63, 3.8) is 0 Å². The highest BCUT2D eigenvalue weighted by atomic mass is 32.1. The topological polar surface area (TPSA) is 67.2 Å². The summed E-state index contributed by atoms with van der Waals surface area (Å²) in [5.41, 5.74) is -0.187. The van der Waals surface area contributed by atoms with Gasteiger partial charge >= 0.3 is 0 Å². The van der Waals surface area contributed by atoms with Crippen molar-refractivity contribution in [1.29, 1.82) is 0 Å². The normalized spacial score (nSPS) is 19.0. The summed E-state index contributed by atoms with van der Waals surface area (Å²) in [4.78, 5) is 29.3. The molecule has 30 heavy (non-hydrogen) atoms. The van der Waals surface area contributed by atoms with Gasteiger partial charge in [0.25, 0.3) is 5.91 Å². The summed E-state index contributed by atoms with van der Waals surface area (Å²) in [5, 5.41) is 9.53. The first-order valence-electron chi connectivity index (χ1n) is 9.63. The summed E-state index contributed by atoms with van der Waals surface area (Å²) in [5.74, 6) is -1.06. The fraction of sp³-hybridized carbons (Fsp3) is 0.318. The molecule has 2 amide bonds. The number of carbonyl (C=O) groups is 2. The second-order valence-corrected chi connectivity index (χ2v) is 9.59. The lowest BCUT2D eigenvalue weighted by Gasteiger charge is -2.44. The average molecular weight is 427 g/mol. The van der Waals surface area contributed by atoms with E-state index in [0.717, 1.165) is 4.88 Å². The van der Waals surface area contributed by atoms with Crippen LogP contribution < -0.4 is 10.2 Å². The van der Waals surface area contributed by atoms with Crippen molar-refractivity contribution in [3.05, 3.63) is 59.4 Å². The molecular weight excluding hydrogens is 403 g/mol. The van der Waals surface area contributed by atoms with Crippen molar-refractivity contribution in [3.8, 4) is 10.6 Å². The van der Waals surface area contributed by atoms with Gasteiger partial charge in [-0.25, -0.2) is 4.39 Å². The summed E-state index contributed by atoms with van der Waals surface area (Å²) in [6.07, 6.45) is 0. The zero-order valence-electron chi connectivity index (χ0n) is 17.3. The van der Waals surface area contributed by atoms with Crippen molar-refractivity contribution in [1.82, 2.24) is 15.1 Å². The van der Waals surface area contributed by atoms with Crippen LogP contribution in [0.1, 0.15) is 38.2 Å². The Morgan fingerprint density at radius 1 is 1.23 bits per heavy atom. The van der Waals surface area contributed by atoms with E-state index in [-0.39, 0.29) is 18.4 Å². The molecule has 4 rings (SSSR count). The van der Waals surface area contributed by atoms with Crippen molar-refractivity contribution in [2.45, 2.75) is 45.3 Å². The van der Waals surface area contributed by atoms with Crippen molar-refractivity contribution >= 4 is 28.8 Å². The predicted molar refractivity (Wildman–Crippen MR) is 115 cm³/mol. The van der Waals surface area contributed by atoms with Crippen molar-refractivity contribution < 1.29 is 14.0 Å². The number of hydrogen-bond donors (Lipinski definition) is 1.